The minimum absolute atomic E-state index is 0.144. The van der Waals surface area contributed by atoms with Gasteiger partial charge in [-0.05, 0) is 18.2 Å². The van der Waals surface area contributed by atoms with Gasteiger partial charge < -0.3 is 9.30 Å². The predicted molar refractivity (Wildman–Crippen MR) is 81.4 cm³/mol. The summed E-state index contributed by atoms with van der Waals surface area (Å²) in [5.41, 5.74) is 0.500. The number of Topliss-reactive ketones (excluding diaryl/α,β-unsaturated/α-hetero) is 1. The van der Waals surface area contributed by atoms with Gasteiger partial charge in [-0.1, -0.05) is 34.8 Å². The van der Waals surface area contributed by atoms with E-state index in [1.54, 1.807) is 22.5 Å². The van der Waals surface area contributed by atoms with Crippen molar-refractivity contribution in [3.8, 4) is 0 Å². The average molecular weight is 357 g/mol. The monoisotopic (exact) mass is 355 g/mol. The highest BCUT2D eigenvalue weighted by Crippen LogP contribution is 2.34. The molecule has 8 heteroatoms. The summed E-state index contributed by atoms with van der Waals surface area (Å²) in [6, 6.07) is 1.56. The number of halogens is 3. The molecule has 110 valence electrons. The highest BCUT2D eigenvalue weighted by Gasteiger charge is 2.34. The Morgan fingerprint density at radius 3 is 2.65 bits per heavy atom. The second-order valence-electron chi connectivity index (χ2n) is 4.36. The first-order valence-electron chi connectivity index (χ1n) is 5.84. The molecule has 1 aromatic heterocycles. The van der Waals surface area contributed by atoms with Crippen LogP contribution in [0.4, 0.5) is 0 Å². The molecule has 2 heterocycles. The van der Waals surface area contributed by atoms with Crippen LogP contribution < -0.4 is 0 Å². The zero-order chi connectivity index (χ0) is 14.9. The van der Waals surface area contributed by atoms with Crippen molar-refractivity contribution in [1.82, 2.24) is 4.57 Å². The van der Waals surface area contributed by atoms with Crippen LogP contribution in [0.5, 0.6) is 0 Å². The Hall–Kier alpha value is -0.360. The summed E-state index contributed by atoms with van der Waals surface area (Å²) in [6.45, 7) is 0. The molecule has 0 N–H and O–H groups in total. The van der Waals surface area contributed by atoms with Crippen molar-refractivity contribution >= 4 is 58.3 Å². The van der Waals surface area contributed by atoms with E-state index in [0.717, 1.165) is 17.9 Å². The highest BCUT2D eigenvalue weighted by molar-refractivity contribution is 7.99. The van der Waals surface area contributed by atoms with E-state index < -0.39 is 15.5 Å². The third kappa shape index (κ3) is 3.27. The Morgan fingerprint density at radius 1 is 1.45 bits per heavy atom. The number of methoxy groups -OCH3 is 1. The van der Waals surface area contributed by atoms with E-state index in [2.05, 4.69) is 0 Å². The summed E-state index contributed by atoms with van der Waals surface area (Å²) in [5.74, 6) is 0.722. The van der Waals surface area contributed by atoms with Gasteiger partial charge in [-0.15, -0.1) is 0 Å². The van der Waals surface area contributed by atoms with Crippen LogP contribution in [0.25, 0.3) is 0 Å². The number of ketones is 1. The van der Waals surface area contributed by atoms with Crippen molar-refractivity contribution in [3.05, 3.63) is 23.5 Å². The molecular weight excluding hydrogens is 345 g/mol. The molecule has 1 aliphatic heterocycles. The van der Waals surface area contributed by atoms with Crippen LogP contribution in [-0.4, -0.2) is 38.7 Å². The number of carbonyl (C=O) groups excluding carboxylic acids is 2. The second kappa shape index (κ2) is 6.18. The molecule has 0 spiro atoms. The van der Waals surface area contributed by atoms with Gasteiger partial charge in [0.15, 0.2) is 0 Å². The minimum Gasteiger partial charge on any atom is -0.464 e. The third-order valence-corrected chi connectivity index (χ3v) is 4.72. The molecule has 1 fully saturated rings. The van der Waals surface area contributed by atoms with Crippen molar-refractivity contribution in [2.75, 3.05) is 18.6 Å². The fourth-order valence-electron chi connectivity index (χ4n) is 2.08. The maximum absolute atomic E-state index is 12.0. The molecule has 2 rings (SSSR count). The van der Waals surface area contributed by atoms with Crippen LogP contribution in [0.1, 0.15) is 33.3 Å². The van der Waals surface area contributed by atoms with E-state index in [9.17, 15) is 9.59 Å². The first-order valence-corrected chi connectivity index (χ1v) is 8.13. The smallest absolute Gasteiger partial charge is 0.354 e. The molecule has 4 nitrogen and oxygen atoms in total. The van der Waals surface area contributed by atoms with Crippen molar-refractivity contribution in [3.63, 3.8) is 0 Å². The fourth-order valence-corrected chi connectivity index (χ4v) is 3.61. The molecule has 20 heavy (non-hydrogen) atoms. The largest absolute Gasteiger partial charge is 0.464 e. The quantitative estimate of drug-likeness (QED) is 0.472. The van der Waals surface area contributed by atoms with Crippen LogP contribution >= 0.6 is 46.6 Å². The highest BCUT2D eigenvalue weighted by atomic mass is 35.6. The summed E-state index contributed by atoms with van der Waals surface area (Å²) in [4.78, 5) is 23.8. The zero-order valence-electron chi connectivity index (χ0n) is 10.6. The molecule has 0 bridgehead atoms. The van der Waals surface area contributed by atoms with E-state index in [1.165, 1.54) is 13.2 Å². The average Bonchev–Trinajstić information content (AvgIpc) is 3.04. The molecule has 0 radical (unpaired) electrons. The topological polar surface area (TPSA) is 48.3 Å². The first-order chi connectivity index (χ1) is 9.34. The number of carbonyl (C=O) groups is 2. The van der Waals surface area contributed by atoms with Crippen LogP contribution in [0, 0.1) is 0 Å². The molecular formula is C12H12Cl3NO3S. The van der Waals surface area contributed by atoms with Gasteiger partial charge >= 0.3 is 5.97 Å². The number of aromatic nitrogens is 1. The second-order valence-corrected chi connectivity index (χ2v) is 7.79. The summed E-state index contributed by atoms with van der Waals surface area (Å²) in [6.07, 6.45) is 2.48. The normalized spacial score (nSPS) is 19.1. The first kappa shape index (κ1) is 16.0. The summed E-state index contributed by atoms with van der Waals surface area (Å²) >= 11 is 18.6. The number of esters is 1. The van der Waals surface area contributed by atoms with Gasteiger partial charge in [0.1, 0.15) is 5.69 Å². The number of hydrogen-bond acceptors (Lipinski definition) is 4. The van der Waals surface area contributed by atoms with Crippen molar-refractivity contribution in [2.24, 2.45) is 0 Å². The summed E-state index contributed by atoms with van der Waals surface area (Å²) in [7, 11) is 1.29. The van der Waals surface area contributed by atoms with E-state index in [0.29, 0.717) is 5.69 Å². The van der Waals surface area contributed by atoms with Gasteiger partial charge in [-0.25, -0.2) is 4.79 Å². The molecule has 1 unspecified atom stereocenters. The van der Waals surface area contributed by atoms with Crippen LogP contribution in [0.3, 0.4) is 0 Å². The van der Waals surface area contributed by atoms with Gasteiger partial charge in [-0.3, -0.25) is 4.79 Å². The Bertz CT molecular complexity index is 533. The Labute approximate surface area is 135 Å². The number of thioether (sulfide) groups is 1. The van der Waals surface area contributed by atoms with Crippen LogP contribution in [0.15, 0.2) is 12.3 Å². The van der Waals surface area contributed by atoms with Crippen LogP contribution in [-0.2, 0) is 4.74 Å². The number of hydrogen-bond donors (Lipinski definition) is 0. The molecule has 1 saturated heterocycles. The maximum Gasteiger partial charge on any atom is 0.354 e. The molecule has 0 amide bonds. The number of alkyl halides is 3. The Kier molecular flexibility index (Phi) is 4.95. The Morgan fingerprint density at radius 2 is 2.15 bits per heavy atom. The predicted octanol–water partition coefficient (Wildman–Crippen LogP) is 3.51. The van der Waals surface area contributed by atoms with Crippen molar-refractivity contribution in [2.45, 2.75) is 16.3 Å². The lowest BCUT2D eigenvalue weighted by Gasteiger charge is -2.14. The van der Waals surface area contributed by atoms with E-state index in [4.69, 9.17) is 39.5 Å². The lowest BCUT2D eigenvalue weighted by atomic mass is 10.2. The van der Waals surface area contributed by atoms with E-state index >= 15 is 0 Å². The van der Waals surface area contributed by atoms with E-state index in [-0.39, 0.29) is 11.6 Å². The number of rotatable bonds is 3. The maximum atomic E-state index is 12.0. The van der Waals surface area contributed by atoms with Crippen LogP contribution in [0.2, 0.25) is 0 Å². The molecule has 1 aliphatic rings. The van der Waals surface area contributed by atoms with E-state index in [1.807, 2.05) is 0 Å². The molecule has 0 aliphatic carbocycles. The van der Waals surface area contributed by atoms with Gasteiger partial charge in [0.05, 0.1) is 7.11 Å². The number of nitrogens with zero attached hydrogens (tertiary/aromatic N) is 1. The van der Waals surface area contributed by atoms with Gasteiger partial charge in [-0.2, -0.15) is 11.8 Å². The minimum atomic E-state index is -2.04. The Balaban J connectivity index is 2.41. The van der Waals surface area contributed by atoms with Gasteiger partial charge in [0.25, 0.3) is 3.79 Å². The van der Waals surface area contributed by atoms with Gasteiger partial charge in [0.2, 0.25) is 5.78 Å². The summed E-state index contributed by atoms with van der Waals surface area (Å²) in [5, 5.41) is 0. The molecule has 0 saturated carbocycles. The SMILES string of the molecule is COC(=O)c1cc(C(=O)C(Cl)(Cl)Cl)cn1C1CCSC1. The van der Waals surface area contributed by atoms with Crippen molar-refractivity contribution < 1.29 is 14.3 Å². The molecule has 1 aromatic rings. The standard InChI is InChI=1S/C12H12Cl3NO3S/c1-19-11(18)9-4-7(10(17)12(13,14)15)5-16(9)8-2-3-20-6-8/h4-5,8H,2-3,6H2,1H3. The lowest BCUT2D eigenvalue weighted by Crippen LogP contribution is -2.18. The zero-order valence-corrected chi connectivity index (χ0v) is 13.7. The van der Waals surface area contributed by atoms with Crippen molar-refractivity contribution in [1.29, 1.82) is 0 Å². The third-order valence-electron chi connectivity index (χ3n) is 3.06. The fraction of sp³-hybridized carbons (Fsp3) is 0.500. The summed E-state index contributed by atoms with van der Waals surface area (Å²) < 4.78 is 4.45. The molecule has 0 aromatic carbocycles. The number of ether oxygens (including phenoxy) is 1. The lowest BCUT2D eigenvalue weighted by molar-refractivity contribution is 0.0586. The van der Waals surface area contributed by atoms with Gasteiger partial charge in [0, 0.05) is 23.6 Å². The molecule has 1 atom stereocenters.